The number of nitrogens with zero attached hydrogens (tertiary/aromatic N) is 2. The van der Waals surface area contributed by atoms with Gasteiger partial charge in [0.15, 0.2) is 11.7 Å². The zero-order chi connectivity index (χ0) is 15.8. The van der Waals surface area contributed by atoms with Crippen LogP contribution in [0.25, 0.3) is 0 Å². The summed E-state index contributed by atoms with van der Waals surface area (Å²) in [7, 11) is 3.04. The molecule has 0 aliphatic rings. The molecule has 1 aromatic heterocycles. The van der Waals surface area contributed by atoms with Crippen molar-refractivity contribution in [2.45, 2.75) is 33.2 Å². The highest BCUT2D eigenvalue weighted by atomic mass is 16.5. The number of aliphatic imine (C=N–C) groups is 1. The molecule has 0 amide bonds. The van der Waals surface area contributed by atoms with Crippen LogP contribution in [0, 0.1) is 5.92 Å². The minimum absolute atomic E-state index is 0.244. The normalized spacial score (nSPS) is 13.1. The van der Waals surface area contributed by atoms with Gasteiger partial charge in [-0.3, -0.25) is 9.79 Å². The van der Waals surface area contributed by atoms with E-state index in [-0.39, 0.29) is 11.9 Å². The van der Waals surface area contributed by atoms with E-state index >= 15 is 0 Å². The first kappa shape index (κ1) is 17.0. The van der Waals surface area contributed by atoms with Crippen LogP contribution in [0.2, 0.25) is 0 Å². The fraction of sp³-hybridized carbons (Fsp3) is 0.643. The fourth-order valence-corrected chi connectivity index (χ4v) is 1.61. The maximum Gasteiger partial charge on any atom is 0.310 e. The molecule has 1 atom stereocenters. The van der Waals surface area contributed by atoms with Gasteiger partial charge >= 0.3 is 5.97 Å². The summed E-state index contributed by atoms with van der Waals surface area (Å²) in [5.41, 5.74) is 0.925. The topological polar surface area (TPSA) is 88.8 Å². The van der Waals surface area contributed by atoms with Gasteiger partial charge in [-0.1, -0.05) is 25.9 Å². The standard InChI is InChI=1S/C14H24N4O3/c1-9(2)12-6-11(21-18-12)8-17-14(15-4)16-7-10(3)13(19)20-5/h6,9-10H,7-8H2,1-5H3,(H2,15,16,17). The minimum atomic E-state index is -0.255. The fourth-order valence-electron chi connectivity index (χ4n) is 1.61. The predicted octanol–water partition coefficient (Wildman–Crippen LogP) is 1.27. The van der Waals surface area contributed by atoms with Crippen molar-refractivity contribution in [3.05, 3.63) is 17.5 Å². The van der Waals surface area contributed by atoms with Crippen molar-refractivity contribution in [2.24, 2.45) is 10.9 Å². The lowest BCUT2D eigenvalue weighted by Gasteiger charge is -2.13. The largest absolute Gasteiger partial charge is 0.469 e. The second-order valence-electron chi connectivity index (χ2n) is 5.10. The minimum Gasteiger partial charge on any atom is -0.469 e. The summed E-state index contributed by atoms with van der Waals surface area (Å²) in [5.74, 6) is 1.16. The number of esters is 1. The molecule has 1 unspecified atom stereocenters. The third-order valence-electron chi connectivity index (χ3n) is 3.00. The SMILES string of the molecule is CN=C(NCc1cc(C(C)C)no1)NCC(C)C(=O)OC. The molecule has 0 aliphatic heterocycles. The Bertz CT molecular complexity index is 482. The molecule has 7 nitrogen and oxygen atoms in total. The van der Waals surface area contributed by atoms with Crippen molar-refractivity contribution in [3.8, 4) is 0 Å². The van der Waals surface area contributed by atoms with Crippen molar-refractivity contribution in [3.63, 3.8) is 0 Å². The van der Waals surface area contributed by atoms with E-state index in [4.69, 9.17) is 4.52 Å². The molecule has 0 aromatic carbocycles. The Labute approximate surface area is 125 Å². The number of rotatable bonds is 6. The van der Waals surface area contributed by atoms with Crippen molar-refractivity contribution >= 4 is 11.9 Å². The van der Waals surface area contributed by atoms with E-state index in [0.29, 0.717) is 25.0 Å². The highest BCUT2D eigenvalue weighted by molar-refractivity contribution is 5.80. The van der Waals surface area contributed by atoms with Crippen molar-refractivity contribution < 1.29 is 14.1 Å². The Morgan fingerprint density at radius 1 is 1.43 bits per heavy atom. The smallest absolute Gasteiger partial charge is 0.310 e. The highest BCUT2D eigenvalue weighted by Crippen LogP contribution is 2.13. The van der Waals surface area contributed by atoms with Gasteiger partial charge in [-0.25, -0.2) is 0 Å². The van der Waals surface area contributed by atoms with Gasteiger partial charge in [-0.2, -0.15) is 0 Å². The van der Waals surface area contributed by atoms with Gasteiger partial charge in [0.05, 0.1) is 25.3 Å². The molecule has 2 N–H and O–H groups in total. The number of carbonyl (C=O) groups excluding carboxylic acids is 1. The lowest BCUT2D eigenvalue weighted by molar-refractivity contribution is -0.144. The molecular weight excluding hydrogens is 272 g/mol. The maximum absolute atomic E-state index is 11.3. The third-order valence-corrected chi connectivity index (χ3v) is 3.00. The number of methoxy groups -OCH3 is 1. The lowest BCUT2D eigenvalue weighted by Crippen LogP contribution is -2.40. The summed E-state index contributed by atoms with van der Waals surface area (Å²) in [6, 6.07) is 1.92. The average Bonchev–Trinajstić information content (AvgIpc) is 2.95. The van der Waals surface area contributed by atoms with Gasteiger partial charge in [0.2, 0.25) is 0 Å². The molecule has 0 saturated carbocycles. The summed E-state index contributed by atoms with van der Waals surface area (Å²) in [6.07, 6.45) is 0. The molecule has 0 spiro atoms. The monoisotopic (exact) mass is 296 g/mol. The molecule has 7 heteroatoms. The van der Waals surface area contributed by atoms with Crippen LogP contribution in [0.4, 0.5) is 0 Å². The van der Waals surface area contributed by atoms with Crippen molar-refractivity contribution in [1.82, 2.24) is 15.8 Å². The van der Waals surface area contributed by atoms with E-state index in [1.54, 1.807) is 14.0 Å². The van der Waals surface area contributed by atoms with Crippen molar-refractivity contribution in [1.29, 1.82) is 0 Å². The Balaban J connectivity index is 2.42. The lowest BCUT2D eigenvalue weighted by atomic mass is 10.1. The molecule has 0 aliphatic carbocycles. The number of carbonyl (C=O) groups is 1. The van der Waals surface area contributed by atoms with Crippen LogP contribution in [0.3, 0.4) is 0 Å². The molecule has 1 aromatic rings. The first-order chi connectivity index (χ1) is 9.97. The van der Waals surface area contributed by atoms with Crippen LogP contribution < -0.4 is 10.6 Å². The summed E-state index contributed by atoms with van der Waals surface area (Å²) < 4.78 is 9.90. The first-order valence-electron chi connectivity index (χ1n) is 6.95. The molecule has 118 valence electrons. The predicted molar refractivity (Wildman–Crippen MR) is 80.0 cm³/mol. The summed E-state index contributed by atoms with van der Waals surface area (Å²) in [5, 5.41) is 10.2. The molecule has 1 heterocycles. The molecule has 0 saturated heterocycles. The molecule has 0 radical (unpaired) electrons. The maximum atomic E-state index is 11.3. The summed E-state index contributed by atoms with van der Waals surface area (Å²) >= 11 is 0. The zero-order valence-corrected chi connectivity index (χ0v) is 13.3. The van der Waals surface area contributed by atoms with Crippen LogP contribution in [-0.2, 0) is 16.1 Å². The average molecular weight is 296 g/mol. The Hall–Kier alpha value is -2.05. The van der Waals surface area contributed by atoms with E-state index < -0.39 is 0 Å². The Morgan fingerprint density at radius 2 is 2.14 bits per heavy atom. The number of ether oxygens (including phenoxy) is 1. The quantitative estimate of drug-likeness (QED) is 0.467. The van der Waals surface area contributed by atoms with Crippen molar-refractivity contribution in [2.75, 3.05) is 20.7 Å². The van der Waals surface area contributed by atoms with E-state index in [0.717, 1.165) is 11.5 Å². The van der Waals surface area contributed by atoms with Crippen LogP contribution >= 0.6 is 0 Å². The molecule has 1 rings (SSSR count). The van der Waals surface area contributed by atoms with Crippen LogP contribution in [0.1, 0.15) is 38.1 Å². The van der Waals surface area contributed by atoms with Gasteiger partial charge in [0.25, 0.3) is 0 Å². The Morgan fingerprint density at radius 3 is 2.67 bits per heavy atom. The van der Waals surface area contributed by atoms with Crippen LogP contribution in [0.5, 0.6) is 0 Å². The van der Waals surface area contributed by atoms with Crippen LogP contribution in [0.15, 0.2) is 15.6 Å². The highest BCUT2D eigenvalue weighted by Gasteiger charge is 2.13. The number of hydrogen-bond acceptors (Lipinski definition) is 5. The molecule has 0 fully saturated rings. The van der Waals surface area contributed by atoms with E-state index in [1.165, 1.54) is 7.11 Å². The molecule has 21 heavy (non-hydrogen) atoms. The van der Waals surface area contributed by atoms with E-state index in [9.17, 15) is 4.79 Å². The number of hydrogen-bond donors (Lipinski definition) is 2. The second kappa shape index (κ2) is 8.28. The van der Waals surface area contributed by atoms with Gasteiger partial charge in [-0.15, -0.1) is 0 Å². The molecular formula is C14H24N4O3. The first-order valence-corrected chi connectivity index (χ1v) is 6.95. The van der Waals surface area contributed by atoms with Gasteiger partial charge in [0.1, 0.15) is 0 Å². The molecule has 0 bridgehead atoms. The van der Waals surface area contributed by atoms with Gasteiger partial charge in [0, 0.05) is 19.7 Å². The summed E-state index contributed by atoms with van der Waals surface area (Å²) in [4.78, 5) is 15.4. The summed E-state index contributed by atoms with van der Waals surface area (Å²) in [6.45, 7) is 6.83. The van der Waals surface area contributed by atoms with Gasteiger partial charge < -0.3 is 19.9 Å². The van der Waals surface area contributed by atoms with E-state index in [2.05, 4.69) is 39.4 Å². The zero-order valence-electron chi connectivity index (χ0n) is 13.3. The Kier molecular flexibility index (Phi) is 6.71. The number of nitrogens with one attached hydrogen (secondary N) is 2. The number of guanidine groups is 1. The number of aromatic nitrogens is 1. The van der Waals surface area contributed by atoms with E-state index in [1.807, 2.05) is 6.07 Å². The second-order valence-corrected chi connectivity index (χ2v) is 5.10. The van der Waals surface area contributed by atoms with Crippen LogP contribution in [-0.4, -0.2) is 37.8 Å². The third kappa shape index (κ3) is 5.45. The van der Waals surface area contributed by atoms with Gasteiger partial charge in [-0.05, 0) is 5.92 Å².